The van der Waals surface area contributed by atoms with Crippen molar-refractivity contribution >= 4 is 5.91 Å². The van der Waals surface area contributed by atoms with E-state index in [4.69, 9.17) is 24.7 Å². The number of carbonyl (C=O) groups is 1. The lowest BCUT2D eigenvalue weighted by atomic mass is 10.1. The molecular formula is C22H30N2O5. The Bertz CT molecular complexity index is 821. The van der Waals surface area contributed by atoms with Crippen molar-refractivity contribution in [2.24, 2.45) is 5.73 Å². The molecule has 0 unspecified atom stereocenters. The molecule has 0 saturated carbocycles. The quantitative estimate of drug-likeness (QED) is 0.655. The van der Waals surface area contributed by atoms with Gasteiger partial charge in [0.1, 0.15) is 5.75 Å². The molecule has 0 radical (unpaired) electrons. The Kier molecular flexibility index (Phi) is 8.15. The van der Waals surface area contributed by atoms with Crippen LogP contribution < -0.4 is 24.7 Å². The van der Waals surface area contributed by atoms with Crippen molar-refractivity contribution in [3.63, 3.8) is 0 Å². The van der Waals surface area contributed by atoms with Gasteiger partial charge in [0, 0.05) is 19.7 Å². The maximum Gasteiger partial charge on any atom is 0.257 e. The van der Waals surface area contributed by atoms with Gasteiger partial charge in [-0.25, -0.2) is 0 Å². The number of nitrogens with zero attached hydrogens (tertiary/aromatic N) is 1. The summed E-state index contributed by atoms with van der Waals surface area (Å²) in [4.78, 5) is 14.6. The third-order valence-corrected chi connectivity index (χ3v) is 4.49. The summed E-state index contributed by atoms with van der Waals surface area (Å²) >= 11 is 0. The van der Waals surface area contributed by atoms with Crippen LogP contribution in [0.15, 0.2) is 30.3 Å². The summed E-state index contributed by atoms with van der Waals surface area (Å²) in [5.74, 6) is 1.75. The Morgan fingerprint density at radius 2 is 1.62 bits per heavy atom. The Morgan fingerprint density at radius 3 is 2.14 bits per heavy atom. The highest BCUT2D eigenvalue weighted by molar-refractivity contribution is 5.99. The standard InChI is InChI=1S/C22H30N2O5/c1-6-13-24(2)22(25)17-14-18(20(27-4)21(28-5)19(17)26-3)29-16-9-7-15(8-10-16)11-12-23/h7-10,14H,6,11-13,23H2,1-5H3. The first-order valence-electron chi connectivity index (χ1n) is 9.55. The van der Waals surface area contributed by atoms with Crippen LogP contribution >= 0.6 is 0 Å². The molecule has 2 N–H and O–H groups in total. The van der Waals surface area contributed by atoms with E-state index in [0.29, 0.717) is 47.4 Å². The van der Waals surface area contributed by atoms with Crippen molar-refractivity contribution in [3.05, 3.63) is 41.5 Å². The van der Waals surface area contributed by atoms with E-state index in [1.807, 2.05) is 31.2 Å². The molecule has 0 fully saturated rings. The summed E-state index contributed by atoms with van der Waals surface area (Å²) in [6, 6.07) is 9.24. The minimum atomic E-state index is -0.187. The highest BCUT2D eigenvalue weighted by atomic mass is 16.5. The first-order chi connectivity index (χ1) is 14.0. The van der Waals surface area contributed by atoms with E-state index in [2.05, 4.69) is 0 Å². The lowest BCUT2D eigenvalue weighted by Crippen LogP contribution is -2.28. The van der Waals surface area contributed by atoms with E-state index in [1.54, 1.807) is 18.0 Å². The number of hydrogen-bond donors (Lipinski definition) is 1. The predicted octanol–water partition coefficient (Wildman–Crippen LogP) is 3.49. The second-order valence-corrected chi connectivity index (χ2v) is 6.53. The molecule has 7 nitrogen and oxygen atoms in total. The first-order valence-corrected chi connectivity index (χ1v) is 9.55. The van der Waals surface area contributed by atoms with Gasteiger partial charge in [-0.2, -0.15) is 0 Å². The van der Waals surface area contributed by atoms with Crippen LogP contribution in [0.25, 0.3) is 0 Å². The lowest BCUT2D eigenvalue weighted by Gasteiger charge is -2.22. The Hall–Kier alpha value is -2.93. The van der Waals surface area contributed by atoms with E-state index in [1.165, 1.54) is 21.3 Å². The first kappa shape index (κ1) is 22.4. The Morgan fingerprint density at radius 1 is 1.00 bits per heavy atom. The highest BCUT2D eigenvalue weighted by Gasteiger charge is 2.27. The number of ether oxygens (including phenoxy) is 4. The van der Waals surface area contributed by atoms with Gasteiger partial charge in [0.25, 0.3) is 5.91 Å². The van der Waals surface area contributed by atoms with Gasteiger partial charge >= 0.3 is 0 Å². The number of rotatable bonds is 10. The summed E-state index contributed by atoms with van der Waals surface area (Å²) in [5.41, 5.74) is 7.07. The van der Waals surface area contributed by atoms with E-state index >= 15 is 0 Å². The number of benzene rings is 2. The van der Waals surface area contributed by atoms with Crippen LogP contribution in [-0.4, -0.2) is 52.3 Å². The summed E-state index contributed by atoms with van der Waals surface area (Å²) < 4.78 is 22.6. The molecule has 1 amide bonds. The Labute approximate surface area is 172 Å². The van der Waals surface area contributed by atoms with Crippen molar-refractivity contribution in [2.45, 2.75) is 19.8 Å². The third-order valence-electron chi connectivity index (χ3n) is 4.49. The van der Waals surface area contributed by atoms with Gasteiger partial charge in [-0.1, -0.05) is 19.1 Å². The van der Waals surface area contributed by atoms with Crippen molar-refractivity contribution in [2.75, 3.05) is 41.5 Å². The average Bonchev–Trinajstić information content (AvgIpc) is 2.73. The molecule has 0 atom stereocenters. The molecule has 0 saturated heterocycles. The molecule has 0 spiro atoms. The van der Waals surface area contributed by atoms with E-state index in [9.17, 15) is 4.79 Å². The van der Waals surface area contributed by atoms with Crippen LogP contribution in [0.3, 0.4) is 0 Å². The summed E-state index contributed by atoms with van der Waals surface area (Å²) in [6.07, 6.45) is 1.64. The fraction of sp³-hybridized carbons (Fsp3) is 0.409. The SMILES string of the molecule is CCCN(C)C(=O)c1cc(Oc2ccc(CCN)cc2)c(OC)c(OC)c1OC. The monoisotopic (exact) mass is 402 g/mol. The maximum absolute atomic E-state index is 13.0. The smallest absolute Gasteiger partial charge is 0.257 e. The molecule has 7 heteroatoms. The fourth-order valence-corrected chi connectivity index (χ4v) is 3.08. The molecule has 0 aromatic heterocycles. The Balaban J connectivity index is 2.52. The zero-order chi connectivity index (χ0) is 21.4. The van der Waals surface area contributed by atoms with Gasteiger partial charge in [-0.15, -0.1) is 0 Å². The van der Waals surface area contributed by atoms with Gasteiger partial charge in [-0.3, -0.25) is 4.79 Å². The second-order valence-electron chi connectivity index (χ2n) is 6.53. The molecule has 158 valence electrons. The van der Waals surface area contributed by atoms with E-state index < -0.39 is 0 Å². The third kappa shape index (κ3) is 5.12. The molecule has 0 aliphatic carbocycles. The molecule has 0 aliphatic heterocycles. The number of nitrogens with two attached hydrogens (primary N) is 1. The van der Waals surface area contributed by atoms with E-state index in [-0.39, 0.29) is 5.91 Å². The van der Waals surface area contributed by atoms with E-state index in [0.717, 1.165) is 18.4 Å². The molecule has 2 aromatic carbocycles. The van der Waals surface area contributed by atoms with Crippen molar-refractivity contribution in [1.82, 2.24) is 4.90 Å². The highest BCUT2D eigenvalue weighted by Crippen LogP contribution is 2.48. The minimum Gasteiger partial charge on any atom is -0.492 e. The van der Waals surface area contributed by atoms with Gasteiger partial charge < -0.3 is 29.6 Å². The van der Waals surface area contributed by atoms with Crippen LogP contribution in [-0.2, 0) is 6.42 Å². The molecule has 0 heterocycles. The zero-order valence-electron chi connectivity index (χ0n) is 17.8. The summed E-state index contributed by atoms with van der Waals surface area (Å²) in [7, 11) is 6.25. The number of amides is 1. The largest absolute Gasteiger partial charge is 0.492 e. The van der Waals surface area contributed by atoms with Gasteiger partial charge in [0.05, 0.1) is 26.9 Å². The van der Waals surface area contributed by atoms with Crippen molar-refractivity contribution < 1.29 is 23.7 Å². The van der Waals surface area contributed by atoms with Crippen LogP contribution in [0.1, 0.15) is 29.3 Å². The number of methoxy groups -OCH3 is 3. The molecular weight excluding hydrogens is 372 g/mol. The second kappa shape index (κ2) is 10.6. The normalized spacial score (nSPS) is 10.4. The number of carbonyl (C=O) groups excluding carboxylic acids is 1. The van der Waals surface area contributed by atoms with Crippen LogP contribution in [0.2, 0.25) is 0 Å². The zero-order valence-corrected chi connectivity index (χ0v) is 17.8. The predicted molar refractivity (Wildman–Crippen MR) is 113 cm³/mol. The summed E-state index contributed by atoms with van der Waals surface area (Å²) in [6.45, 7) is 3.22. The summed E-state index contributed by atoms with van der Waals surface area (Å²) in [5, 5.41) is 0. The van der Waals surface area contributed by atoms with Crippen molar-refractivity contribution in [1.29, 1.82) is 0 Å². The fourth-order valence-electron chi connectivity index (χ4n) is 3.08. The topological polar surface area (TPSA) is 83.3 Å². The number of hydrogen-bond acceptors (Lipinski definition) is 6. The molecule has 0 bridgehead atoms. The van der Waals surface area contributed by atoms with Crippen LogP contribution in [0.4, 0.5) is 0 Å². The molecule has 2 rings (SSSR count). The van der Waals surface area contributed by atoms with Crippen LogP contribution in [0, 0.1) is 0 Å². The van der Waals surface area contributed by atoms with Gasteiger partial charge in [0.15, 0.2) is 11.5 Å². The molecule has 2 aromatic rings. The average molecular weight is 402 g/mol. The molecule has 29 heavy (non-hydrogen) atoms. The van der Waals surface area contributed by atoms with Crippen molar-refractivity contribution in [3.8, 4) is 28.7 Å². The lowest BCUT2D eigenvalue weighted by molar-refractivity contribution is 0.0790. The molecule has 0 aliphatic rings. The maximum atomic E-state index is 13.0. The van der Waals surface area contributed by atoms with Crippen LogP contribution in [0.5, 0.6) is 28.7 Å². The minimum absolute atomic E-state index is 0.187. The van der Waals surface area contributed by atoms with Gasteiger partial charge in [-0.05, 0) is 37.1 Å². The van der Waals surface area contributed by atoms with Gasteiger partial charge in [0.2, 0.25) is 11.5 Å².